The smallest absolute Gasteiger partial charge is 0.280 e. The van der Waals surface area contributed by atoms with E-state index in [9.17, 15) is 76.2 Å². The standard InChI is InChI=1S/C13H12F2N4O4.C13H13FN4O5.C12H15FN4O5.C11H13F2N5O4/c1-3-12(14)10(22)13(15,4-20)23-11(12)19-5-16-7-8(19)17-6(2)18-9(7)21;1-3-12(22)10(21)13(14,4-19)23-11(12)18-5-15-7-8(18)16-6(2)17-9(7)20;1-5-15-7-6(8(19)16-5)14-4-17(7)10-11(2,21)9(20)12(13,3-18)22-10;1-10(12)7(21)11(13,2-19)22-8(10)18-3-15-4-5(18)16-9(14)17-6(4)20/h1,5,10-11,20,22H,4H2,2H3,(H,17,18,21);1,5,10-11,19,21-22H,4H2,2H3,(H,16,17,20);4,9-10,18,20-21H,3H2,1-2H3,(H,15,16,19);3,7-8,19,21H,2H2,1H3,(H3,14,16,17,20)/t2*10-,11+,12+,13+;9-,10+,11+,12+;7-,8+,10+,11+/m0000/s1. The van der Waals surface area contributed by atoms with Gasteiger partial charge in [0.25, 0.3) is 45.7 Å². The van der Waals surface area contributed by atoms with Crippen LogP contribution in [-0.2, 0) is 18.9 Å². The maximum Gasteiger partial charge on any atom is 0.280 e. The Morgan fingerprint density at radius 3 is 1.21 bits per heavy atom. The van der Waals surface area contributed by atoms with Gasteiger partial charge in [0.05, 0.1) is 25.3 Å². The molecule has 12 rings (SSSR count). The molecule has 90 heavy (non-hydrogen) atoms. The maximum atomic E-state index is 14.9. The number of terminal acetylenes is 2. The molecular formula is C49H53F6N17O18. The van der Waals surface area contributed by atoms with Gasteiger partial charge in [-0.1, -0.05) is 11.8 Å². The number of aliphatic hydroxyl groups excluding tert-OH is 8. The SMILES string of the molecule is C#C[C@]1(F)[C@H](n2cnc3c(=O)[nH]c(C)nc32)O[C@](F)(CO)[C@H]1O.C#C[C@]1(O)[C@H](n2cnc3c(=O)[nH]c(C)nc32)O[C@](F)(CO)[C@H]1O.C[C@]1(F)[C@H](n2cnc3c(=O)[nH]c(N)nc32)O[C@](F)(CO)[C@H]1O.Cc1nc2c(ncn2[C@@H]2O[C@](F)(CO)[C@@H](O)[C@@]2(C)O)c(=O)[nH]1. The lowest BCUT2D eigenvalue weighted by Gasteiger charge is -2.27. The largest absolute Gasteiger partial charge is 0.390 e. The molecule has 35 nitrogen and oxygen atoms in total. The number of imidazole rings is 4. The number of rotatable bonds is 8. The molecule has 0 amide bonds. The summed E-state index contributed by atoms with van der Waals surface area (Å²) >= 11 is 0. The van der Waals surface area contributed by atoms with Crippen LogP contribution in [-0.4, -0.2) is 226 Å². The van der Waals surface area contributed by atoms with Crippen molar-refractivity contribution >= 4 is 50.6 Å². The zero-order chi connectivity index (χ0) is 66.6. The van der Waals surface area contributed by atoms with E-state index in [2.05, 4.69) is 59.8 Å². The minimum atomic E-state index is -3.10. The number of aromatic amines is 4. The number of aryl methyl sites for hydroxylation is 3. The van der Waals surface area contributed by atoms with E-state index in [1.807, 2.05) is 5.92 Å². The minimum absolute atomic E-state index is 0.0140. The predicted molar refractivity (Wildman–Crippen MR) is 286 cm³/mol. The van der Waals surface area contributed by atoms with Gasteiger partial charge in [0.2, 0.25) is 17.2 Å². The van der Waals surface area contributed by atoms with Gasteiger partial charge in [-0.25, -0.2) is 61.2 Å². The fraction of sp³-hybridized carbons (Fsp3) is 0.510. The van der Waals surface area contributed by atoms with E-state index in [-0.39, 0.29) is 62.3 Å². The number of anilines is 1. The first-order chi connectivity index (χ1) is 41.9. The number of hydrogen-bond donors (Lipinski definition) is 15. The van der Waals surface area contributed by atoms with Crippen molar-refractivity contribution in [2.45, 2.75) is 130 Å². The van der Waals surface area contributed by atoms with Crippen molar-refractivity contribution in [3.63, 3.8) is 0 Å². The summed E-state index contributed by atoms with van der Waals surface area (Å²) in [4.78, 5) is 87.8. The Kier molecular flexibility index (Phi) is 16.6. The van der Waals surface area contributed by atoms with Crippen LogP contribution >= 0.6 is 0 Å². The molecule has 4 aliphatic rings. The van der Waals surface area contributed by atoms with Gasteiger partial charge in [0.1, 0.15) is 55.6 Å². The zero-order valence-corrected chi connectivity index (χ0v) is 46.9. The van der Waals surface area contributed by atoms with Gasteiger partial charge < -0.3 is 90.7 Å². The highest BCUT2D eigenvalue weighted by atomic mass is 19.2. The van der Waals surface area contributed by atoms with Crippen molar-refractivity contribution in [1.82, 2.24) is 78.1 Å². The molecule has 0 radical (unpaired) electrons. The molecule has 16 atom stereocenters. The number of hydrogen-bond acceptors (Lipinski definition) is 27. The molecule has 0 bridgehead atoms. The number of fused-ring (bicyclic) bond motifs is 4. The van der Waals surface area contributed by atoms with Crippen LogP contribution < -0.4 is 28.0 Å². The van der Waals surface area contributed by atoms with Gasteiger partial charge in [0, 0.05) is 0 Å². The molecule has 0 aromatic carbocycles. The molecule has 0 saturated carbocycles. The third-order valence-corrected chi connectivity index (χ3v) is 14.9. The second-order valence-corrected chi connectivity index (χ2v) is 21.2. The Labute approximate surface area is 495 Å². The van der Waals surface area contributed by atoms with Gasteiger partial charge in [-0.3, -0.25) is 42.4 Å². The molecule has 484 valence electrons. The molecule has 16 N–H and O–H groups in total. The average Bonchev–Trinajstić information content (AvgIpc) is 1.60. The number of ether oxygens (including phenoxy) is 4. The average molecular weight is 1280 g/mol. The number of halogens is 6. The Bertz CT molecular complexity index is 4150. The van der Waals surface area contributed by atoms with Crippen LogP contribution in [0.2, 0.25) is 0 Å². The highest BCUT2D eigenvalue weighted by Crippen LogP contribution is 2.50. The highest BCUT2D eigenvalue weighted by molar-refractivity contribution is 5.72. The normalized spacial score (nSPS) is 34.6. The quantitative estimate of drug-likeness (QED) is 0.0502. The lowest BCUT2D eigenvalue weighted by atomic mass is 9.94. The molecule has 4 aliphatic heterocycles. The van der Waals surface area contributed by atoms with E-state index < -0.39 is 144 Å². The molecule has 41 heteroatoms. The van der Waals surface area contributed by atoms with Crippen molar-refractivity contribution in [3.8, 4) is 24.7 Å². The Morgan fingerprint density at radius 1 is 0.500 bits per heavy atom. The van der Waals surface area contributed by atoms with Crippen molar-refractivity contribution < 1.29 is 96.4 Å². The lowest BCUT2D eigenvalue weighted by Crippen LogP contribution is -2.49. The van der Waals surface area contributed by atoms with Crippen LogP contribution in [0.3, 0.4) is 0 Å². The van der Waals surface area contributed by atoms with E-state index in [1.54, 1.807) is 12.8 Å². The van der Waals surface area contributed by atoms with E-state index in [0.29, 0.717) is 5.82 Å². The van der Waals surface area contributed by atoms with Crippen LogP contribution in [0.4, 0.5) is 32.3 Å². The lowest BCUT2D eigenvalue weighted by molar-refractivity contribution is -0.206. The van der Waals surface area contributed by atoms with E-state index in [4.69, 9.17) is 58.0 Å². The van der Waals surface area contributed by atoms with Gasteiger partial charge in [-0.2, -0.15) is 4.98 Å². The number of nitrogens with two attached hydrogens (primary N) is 1. The Hall–Kier alpha value is -8.66. The monoisotopic (exact) mass is 1280 g/mol. The number of nitrogens with zero attached hydrogens (tertiary/aromatic N) is 12. The van der Waals surface area contributed by atoms with Crippen LogP contribution in [0, 0.1) is 45.5 Å². The minimum Gasteiger partial charge on any atom is -0.390 e. The fourth-order valence-electron chi connectivity index (χ4n) is 10.2. The fourth-order valence-corrected chi connectivity index (χ4v) is 10.2. The highest BCUT2D eigenvalue weighted by Gasteiger charge is 2.68. The number of aliphatic hydroxyl groups is 10. The summed E-state index contributed by atoms with van der Waals surface area (Å²) in [5, 5.41) is 96.4. The maximum absolute atomic E-state index is 14.9. The summed E-state index contributed by atoms with van der Waals surface area (Å²) in [6.45, 7) is 1.70. The van der Waals surface area contributed by atoms with Gasteiger partial charge in [-0.15, -0.1) is 12.8 Å². The topological polar surface area (TPSA) is 520 Å². The predicted octanol–water partition coefficient (Wildman–Crippen LogP) is -4.64. The molecule has 8 aromatic heterocycles. The number of alkyl halides is 6. The van der Waals surface area contributed by atoms with Crippen LogP contribution in [0.1, 0.15) is 56.2 Å². The van der Waals surface area contributed by atoms with Crippen molar-refractivity contribution in [2.75, 3.05) is 32.2 Å². The van der Waals surface area contributed by atoms with Crippen molar-refractivity contribution in [3.05, 3.63) is 84.2 Å². The van der Waals surface area contributed by atoms with Gasteiger partial charge >= 0.3 is 0 Å². The first-order valence-corrected chi connectivity index (χ1v) is 25.9. The van der Waals surface area contributed by atoms with Gasteiger partial charge in [-0.05, 0) is 34.6 Å². The second-order valence-electron chi connectivity index (χ2n) is 21.2. The molecule has 0 spiro atoms. The summed E-state index contributed by atoms with van der Waals surface area (Å²) in [5.41, 5.74) is -7.56. The molecule has 8 aromatic rings. The number of nitrogens with one attached hydrogen (secondary N) is 4. The summed E-state index contributed by atoms with van der Waals surface area (Å²) in [6.07, 6.45) is -0.925. The summed E-state index contributed by atoms with van der Waals surface area (Å²) in [5.74, 6) is -7.84. The third-order valence-electron chi connectivity index (χ3n) is 14.9. The number of aromatic nitrogens is 16. The van der Waals surface area contributed by atoms with Crippen LogP contribution in [0.5, 0.6) is 0 Å². The first-order valence-electron chi connectivity index (χ1n) is 25.9. The number of nitrogen functional groups attached to an aromatic ring is 1. The van der Waals surface area contributed by atoms with E-state index in [0.717, 1.165) is 57.4 Å². The number of H-pyrrole nitrogens is 4. The molecular weight excluding hydrogens is 1230 g/mol. The zero-order valence-electron chi connectivity index (χ0n) is 46.9. The second kappa shape index (κ2) is 22.7. The summed E-state index contributed by atoms with van der Waals surface area (Å²) in [6, 6.07) is 0. The van der Waals surface area contributed by atoms with Gasteiger partial charge in [0.15, 0.2) is 93.5 Å². The van der Waals surface area contributed by atoms with E-state index in [1.165, 1.54) is 13.8 Å². The van der Waals surface area contributed by atoms with Crippen molar-refractivity contribution in [2.24, 2.45) is 0 Å². The molecule has 4 saturated heterocycles. The molecule has 0 unspecified atom stereocenters. The first kappa shape index (κ1) is 65.8. The summed E-state index contributed by atoms with van der Waals surface area (Å²) < 4.78 is 111. The molecule has 4 fully saturated rings. The van der Waals surface area contributed by atoms with Crippen LogP contribution in [0.25, 0.3) is 44.7 Å². The Morgan fingerprint density at radius 2 is 0.822 bits per heavy atom. The summed E-state index contributed by atoms with van der Waals surface area (Å²) in [7, 11) is 0. The van der Waals surface area contributed by atoms with Crippen LogP contribution in [0.15, 0.2) is 44.5 Å². The van der Waals surface area contributed by atoms with E-state index >= 15 is 0 Å². The molecule has 0 aliphatic carbocycles. The molecule has 12 heterocycles. The van der Waals surface area contributed by atoms with Crippen molar-refractivity contribution in [1.29, 1.82) is 0 Å². The Balaban J connectivity index is 0.000000142. The third kappa shape index (κ3) is 10.3.